The van der Waals surface area contributed by atoms with Gasteiger partial charge < -0.3 is 14.6 Å². The Labute approximate surface area is 218 Å². The summed E-state index contributed by atoms with van der Waals surface area (Å²) in [5.41, 5.74) is 7.40. The van der Waals surface area contributed by atoms with Crippen molar-refractivity contribution in [1.29, 1.82) is 0 Å². The number of nitrogens with one attached hydrogen (secondary N) is 2. The predicted octanol–water partition coefficient (Wildman–Crippen LogP) is 7.66. The average Bonchev–Trinajstić information content (AvgIpc) is 3.60. The molecule has 3 aromatic carbocycles. The second kappa shape index (κ2) is 11.5. The molecule has 2 aromatic heterocycles. The molecule has 0 aliphatic rings. The lowest BCUT2D eigenvalue weighted by atomic mass is 10.1. The number of anilines is 1. The molecule has 2 N–H and O–H groups in total. The van der Waals surface area contributed by atoms with Gasteiger partial charge in [0, 0.05) is 42.1 Å². The highest BCUT2D eigenvalue weighted by Gasteiger charge is 2.08. The van der Waals surface area contributed by atoms with Gasteiger partial charge in [0.1, 0.15) is 12.4 Å². The van der Waals surface area contributed by atoms with Crippen LogP contribution in [0.4, 0.5) is 5.69 Å². The molecule has 5 nitrogen and oxygen atoms in total. The summed E-state index contributed by atoms with van der Waals surface area (Å²) < 4.78 is 6.29. The van der Waals surface area contributed by atoms with Crippen LogP contribution in [0.3, 0.4) is 0 Å². The van der Waals surface area contributed by atoms with Crippen LogP contribution in [-0.4, -0.2) is 28.3 Å². The van der Waals surface area contributed by atoms with E-state index in [9.17, 15) is 0 Å². The third-order valence-corrected chi connectivity index (χ3v) is 6.45. The van der Waals surface area contributed by atoms with Gasteiger partial charge in [-0.3, -0.25) is 5.10 Å². The van der Waals surface area contributed by atoms with Gasteiger partial charge in [-0.1, -0.05) is 48.5 Å². The van der Waals surface area contributed by atoms with Gasteiger partial charge in [-0.05, 0) is 78.9 Å². The molecule has 5 rings (SSSR count). The Bertz CT molecular complexity index is 1510. The van der Waals surface area contributed by atoms with Crippen molar-refractivity contribution in [3.63, 3.8) is 0 Å². The molecule has 0 radical (unpaired) electrons. The van der Waals surface area contributed by atoms with Crippen molar-refractivity contribution in [2.24, 2.45) is 0 Å². The highest BCUT2D eigenvalue weighted by atomic mass is 16.5. The zero-order valence-electron chi connectivity index (χ0n) is 21.3. The maximum atomic E-state index is 6.29. The summed E-state index contributed by atoms with van der Waals surface area (Å²) in [6.07, 6.45) is 10.2. The van der Waals surface area contributed by atoms with Crippen molar-refractivity contribution in [3.05, 3.63) is 113 Å². The normalized spacial score (nSPS) is 11.6. The summed E-state index contributed by atoms with van der Waals surface area (Å²) in [5, 5.41) is 8.77. The lowest BCUT2D eigenvalue weighted by Gasteiger charge is -2.22. The largest absolute Gasteiger partial charge is 0.488 e. The molecule has 0 aliphatic heterocycles. The second-order valence-corrected chi connectivity index (χ2v) is 8.91. The van der Waals surface area contributed by atoms with Crippen molar-refractivity contribution >= 4 is 40.9 Å². The topological polar surface area (TPSA) is 56.9 Å². The van der Waals surface area contributed by atoms with Gasteiger partial charge >= 0.3 is 0 Å². The standard InChI is InChI=1S/C32H32N4O/c1-3-36(4-2)30-17-14-27(32(22-30)37-23-25-8-6-5-7-9-25)13-16-29-21-28(34-35-29)15-11-24-10-12-26-18-19-33-31(26)20-24/h5-22,33H,3-4,23H2,1-2H3,(H,34,35)/b15-11+,16-13+. The van der Waals surface area contributed by atoms with Crippen LogP contribution in [0.1, 0.15) is 41.9 Å². The number of fused-ring (bicyclic) bond motifs is 1. The summed E-state index contributed by atoms with van der Waals surface area (Å²) in [7, 11) is 0. The lowest BCUT2D eigenvalue weighted by molar-refractivity contribution is 0.305. The predicted molar refractivity (Wildman–Crippen MR) is 156 cm³/mol. The fourth-order valence-electron chi connectivity index (χ4n) is 4.36. The van der Waals surface area contributed by atoms with Crippen LogP contribution in [0.2, 0.25) is 0 Å². The van der Waals surface area contributed by atoms with Gasteiger partial charge in [0.15, 0.2) is 0 Å². The van der Waals surface area contributed by atoms with Crippen LogP contribution in [-0.2, 0) is 6.61 Å². The second-order valence-electron chi connectivity index (χ2n) is 8.91. The molecule has 0 fully saturated rings. The molecular formula is C32H32N4O. The molecule has 0 amide bonds. The Hall–Kier alpha value is -4.51. The van der Waals surface area contributed by atoms with E-state index >= 15 is 0 Å². The summed E-state index contributed by atoms with van der Waals surface area (Å²) >= 11 is 0. The molecule has 5 aromatic rings. The van der Waals surface area contributed by atoms with E-state index in [0.29, 0.717) is 6.61 Å². The Morgan fingerprint density at radius 3 is 2.54 bits per heavy atom. The van der Waals surface area contributed by atoms with Crippen molar-refractivity contribution in [2.75, 3.05) is 18.0 Å². The van der Waals surface area contributed by atoms with Gasteiger partial charge in [-0.2, -0.15) is 5.10 Å². The quantitative estimate of drug-likeness (QED) is 0.212. The number of aromatic amines is 2. The van der Waals surface area contributed by atoms with E-state index in [0.717, 1.165) is 58.1 Å². The first-order valence-electron chi connectivity index (χ1n) is 12.8. The zero-order chi connectivity index (χ0) is 25.5. The fraction of sp³-hybridized carbons (Fsp3) is 0.156. The number of H-pyrrole nitrogens is 2. The van der Waals surface area contributed by atoms with Crippen molar-refractivity contribution in [3.8, 4) is 5.75 Å². The first kappa shape index (κ1) is 24.2. The van der Waals surface area contributed by atoms with Gasteiger partial charge in [-0.25, -0.2) is 0 Å². The van der Waals surface area contributed by atoms with E-state index in [1.807, 2.05) is 42.6 Å². The third-order valence-electron chi connectivity index (χ3n) is 6.45. The van der Waals surface area contributed by atoms with Crippen LogP contribution in [0.25, 0.3) is 35.2 Å². The van der Waals surface area contributed by atoms with Crippen LogP contribution in [0.5, 0.6) is 5.75 Å². The van der Waals surface area contributed by atoms with Crippen LogP contribution in [0.15, 0.2) is 85.1 Å². The highest BCUT2D eigenvalue weighted by Crippen LogP contribution is 2.28. The summed E-state index contributed by atoms with van der Waals surface area (Å²) in [6, 6.07) is 27.2. The highest BCUT2D eigenvalue weighted by molar-refractivity contribution is 5.83. The first-order chi connectivity index (χ1) is 18.2. The van der Waals surface area contributed by atoms with E-state index in [4.69, 9.17) is 4.74 Å². The summed E-state index contributed by atoms with van der Waals surface area (Å²) in [5.74, 6) is 0.865. The minimum Gasteiger partial charge on any atom is -0.488 e. The lowest BCUT2D eigenvalue weighted by Crippen LogP contribution is -2.21. The van der Waals surface area contributed by atoms with Crippen molar-refractivity contribution < 1.29 is 4.74 Å². The molecule has 186 valence electrons. The molecule has 0 aliphatic carbocycles. The molecule has 37 heavy (non-hydrogen) atoms. The molecule has 5 heteroatoms. The van der Waals surface area contributed by atoms with Gasteiger partial charge in [0.25, 0.3) is 0 Å². The number of nitrogens with zero attached hydrogens (tertiary/aromatic N) is 2. The minimum absolute atomic E-state index is 0.524. The van der Waals surface area contributed by atoms with E-state index in [1.54, 1.807) is 0 Å². The minimum atomic E-state index is 0.524. The Morgan fingerprint density at radius 1 is 0.838 bits per heavy atom. The zero-order valence-corrected chi connectivity index (χ0v) is 21.3. The first-order valence-corrected chi connectivity index (χ1v) is 12.8. The van der Waals surface area contributed by atoms with Crippen LogP contribution >= 0.6 is 0 Å². The molecular weight excluding hydrogens is 456 g/mol. The molecule has 0 saturated heterocycles. The van der Waals surface area contributed by atoms with E-state index < -0.39 is 0 Å². The Balaban J connectivity index is 1.33. The maximum absolute atomic E-state index is 6.29. The summed E-state index contributed by atoms with van der Waals surface area (Å²) in [4.78, 5) is 5.58. The number of rotatable bonds is 10. The third kappa shape index (κ3) is 6.01. The SMILES string of the molecule is CCN(CC)c1ccc(/C=C/c2cc(/C=C/c3ccc4cc[nH]c4c3)n[nH]2)c(OCc2ccccc2)c1. The molecule has 2 heterocycles. The van der Waals surface area contributed by atoms with Crippen LogP contribution < -0.4 is 9.64 Å². The molecule has 0 atom stereocenters. The van der Waals surface area contributed by atoms with Gasteiger partial charge in [-0.15, -0.1) is 0 Å². The molecule has 0 bridgehead atoms. The number of ether oxygens (including phenoxy) is 1. The van der Waals surface area contributed by atoms with Crippen molar-refractivity contribution in [2.45, 2.75) is 20.5 Å². The molecule has 0 unspecified atom stereocenters. The van der Waals surface area contributed by atoms with E-state index in [2.05, 4.69) is 101 Å². The molecule has 0 spiro atoms. The Kier molecular flexibility index (Phi) is 7.51. The Morgan fingerprint density at radius 2 is 1.70 bits per heavy atom. The smallest absolute Gasteiger partial charge is 0.129 e. The monoisotopic (exact) mass is 488 g/mol. The number of hydrogen-bond acceptors (Lipinski definition) is 3. The number of aromatic nitrogens is 3. The van der Waals surface area contributed by atoms with Gasteiger partial charge in [0.2, 0.25) is 0 Å². The fourth-order valence-corrected chi connectivity index (χ4v) is 4.36. The van der Waals surface area contributed by atoms with E-state index in [-0.39, 0.29) is 0 Å². The van der Waals surface area contributed by atoms with E-state index in [1.165, 1.54) is 5.39 Å². The van der Waals surface area contributed by atoms with Gasteiger partial charge in [0.05, 0.1) is 11.4 Å². The number of benzene rings is 3. The van der Waals surface area contributed by atoms with Crippen molar-refractivity contribution in [1.82, 2.24) is 15.2 Å². The number of hydrogen-bond donors (Lipinski definition) is 2. The summed E-state index contributed by atoms with van der Waals surface area (Å²) in [6.45, 7) is 6.77. The molecule has 0 saturated carbocycles. The maximum Gasteiger partial charge on any atom is 0.129 e. The van der Waals surface area contributed by atoms with Crippen LogP contribution in [0, 0.1) is 0 Å². The average molecular weight is 489 g/mol.